The zero-order chi connectivity index (χ0) is 12.2. The molecule has 1 heteroatoms. The van der Waals surface area contributed by atoms with E-state index in [9.17, 15) is 0 Å². The molecule has 0 spiro atoms. The Bertz CT molecular complexity index is 322. The van der Waals surface area contributed by atoms with Gasteiger partial charge in [0.15, 0.2) is 0 Å². The monoisotopic (exact) mass is 219 g/mol. The fourth-order valence-electron chi connectivity index (χ4n) is 1.76. The lowest BCUT2D eigenvalue weighted by Crippen LogP contribution is -2.27. The summed E-state index contributed by atoms with van der Waals surface area (Å²) in [6.07, 6.45) is 1.23. The Hall–Kier alpha value is -0.980. The minimum Gasteiger partial charge on any atom is -0.372 e. The first kappa shape index (κ1) is 13.1. The van der Waals surface area contributed by atoms with Crippen LogP contribution in [0.15, 0.2) is 24.3 Å². The van der Waals surface area contributed by atoms with Crippen LogP contribution in [0, 0.1) is 12.3 Å². The van der Waals surface area contributed by atoms with Crippen molar-refractivity contribution in [3.8, 4) is 0 Å². The maximum absolute atomic E-state index is 2.46. The zero-order valence-electron chi connectivity index (χ0n) is 11.4. The molecule has 0 aliphatic heterocycles. The second kappa shape index (κ2) is 5.38. The van der Waals surface area contributed by atoms with Crippen LogP contribution < -0.4 is 4.90 Å². The Labute approximate surface area is 100 Å². The van der Waals surface area contributed by atoms with Gasteiger partial charge in [-0.15, -0.1) is 0 Å². The second-order valence-electron chi connectivity index (χ2n) is 5.73. The van der Waals surface area contributed by atoms with Gasteiger partial charge in [-0.1, -0.05) is 32.9 Å². The van der Waals surface area contributed by atoms with Crippen molar-refractivity contribution in [1.82, 2.24) is 0 Å². The Morgan fingerprint density at radius 1 is 1.19 bits per heavy atom. The summed E-state index contributed by atoms with van der Waals surface area (Å²) in [5, 5.41) is 0. The summed E-state index contributed by atoms with van der Waals surface area (Å²) in [7, 11) is 0. The molecule has 0 aromatic heterocycles. The summed E-state index contributed by atoms with van der Waals surface area (Å²) < 4.78 is 0. The Morgan fingerprint density at radius 3 is 2.38 bits per heavy atom. The quantitative estimate of drug-likeness (QED) is 0.731. The maximum Gasteiger partial charge on any atom is 0.0368 e. The van der Waals surface area contributed by atoms with E-state index in [4.69, 9.17) is 0 Å². The topological polar surface area (TPSA) is 3.24 Å². The van der Waals surface area contributed by atoms with Crippen LogP contribution in [0.3, 0.4) is 0 Å². The standard InChI is InChI=1S/C15H25N/c1-6-16(11-10-15(3,4)5)14-9-7-8-13(2)12-14/h7-9,12H,6,10-11H2,1-5H3. The fraction of sp³-hybridized carbons (Fsp3) is 0.600. The summed E-state index contributed by atoms with van der Waals surface area (Å²) >= 11 is 0. The summed E-state index contributed by atoms with van der Waals surface area (Å²) in [5.41, 5.74) is 3.11. The zero-order valence-corrected chi connectivity index (χ0v) is 11.4. The molecule has 0 fully saturated rings. The van der Waals surface area contributed by atoms with Gasteiger partial charge in [-0.3, -0.25) is 0 Å². The molecule has 1 rings (SSSR count). The van der Waals surface area contributed by atoms with Crippen LogP contribution in [-0.2, 0) is 0 Å². The Balaban J connectivity index is 2.68. The third-order valence-electron chi connectivity index (χ3n) is 2.88. The molecular formula is C15H25N. The predicted molar refractivity (Wildman–Crippen MR) is 73.1 cm³/mol. The van der Waals surface area contributed by atoms with E-state index >= 15 is 0 Å². The molecule has 0 unspecified atom stereocenters. The summed E-state index contributed by atoms with van der Waals surface area (Å²) in [6, 6.07) is 8.77. The lowest BCUT2D eigenvalue weighted by atomic mass is 9.92. The molecule has 0 aliphatic carbocycles. The average Bonchev–Trinajstić information content (AvgIpc) is 2.17. The van der Waals surface area contributed by atoms with E-state index in [-0.39, 0.29) is 0 Å². The largest absolute Gasteiger partial charge is 0.372 e. The van der Waals surface area contributed by atoms with Gasteiger partial charge in [-0.25, -0.2) is 0 Å². The van der Waals surface area contributed by atoms with Crippen LogP contribution in [0.25, 0.3) is 0 Å². The van der Waals surface area contributed by atoms with Gasteiger partial charge in [0.05, 0.1) is 0 Å². The molecular weight excluding hydrogens is 194 g/mol. The van der Waals surface area contributed by atoms with Gasteiger partial charge in [0.25, 0.3) is 0 Å². The van der Waals surface area contributed by atoms with Crippen LogP contribution in [0.4, 0.5) is 5.69 Å². The SMILES string of the molecule is CCN(CCC(C)(C)C)c1cccc(C)c1. The molecule has 90 valence electrons. The molecule has 1 nitrogen and oxygen atoms in total. The van der Waals surface area contributed by atoms with E-state index in [0.717, 1.165) is 13.1 Å². The van der Waals surface area contributed by atoms with Crippen molar-refractivity contribution in [3.05, 3.63) is 29.8 Å². The maximum atomic E-state index is 2.46. The summed E-state index contributed by atoms with van der Waals surface area (Å²) in [5.74, 6) is 0. The molecule has 1 aromatic carbocycles. The highest BCUT2D eigenvalue weighted by Crippen LogP contribution is 2.22. The van der Waals surface area contributed by atoms with Gasteiger partial charge in [0.2, 0.25) is 0 Å². The van der Waals surface area contributed by atoms with Crippen molar-refractivity contribution in [2.75, 3.05) is 18.0 Å². The minimum atomic E-state index is 0.414. The van der Waals surface area contributed by atoms with E-state index in [1.807, 2.05) is 0 Å². The molecule has 0 saturated heterocycles. The van der Waals surface area contributed by atoms with Gasteiger partial charge in [0, 0.05) is 18.8 Å². The average molecular weight is 219 g/mol. The number of rotatable bonds is 4. The van der Waals surface area contributed by atoms with E-state index in [0.29, 0.717) is 5.41 Å². The molecule has 0 amide bonds. The van der Waals surface area contributed by atoms with Gasteiger partial charge in [0.1, 0.15) is 0 Å². The third kappa shape index (κ3) is 4.26. The van der Waals surface area contributed by atoms with Crippen molar-refractivity contribution < 1.29 is 0 Å². The minimum absolute atomic E-state index is 0.414. The van der Waals surface area contributed by atoms with Gasteiger partial charge < -0.3 is 4.90 Å². The number of nitrogens with zero attached hydrogens (tertiary/aromatic N) is 1. The summed E-state index contributed by atoms with van der Waals surface area (Å²) in [4.78, 5) is 2.46. The molecule has 0 heterocycles. The fourth-order valence-corrected chi connectivity index (χ4v) is 1.76. The highest BCUT2D eigenvalue weighted by Gasteiger charge is 2.12. The van der Waals surface area contributed by atoms with Crippen molar-refractivity contribution in [2.24, 2.45) is 5.41 Å². The first-order valence-electron chi connectivity index (χ1n) is 6.24. The summed E-state index contributed by atoms with van der Waals surface area (Å²) in [6.45, 7) is 13.5. The molecule has 0 saturated carbocycles. The first-order chi connectivity index (χ1) is 7.42. The van der Waals surface area contributed by atoms with Gasteiger partial charge >= 0.3 is 0 Å². The molecule has 16 heavy (non-hydrogen) atoms. The third-order valence-corrected chi connectivity index (χ3v) is 2.88. The Morgan fingerprint density at radius 2 is 1.88 bits per heavy atom. The molecule has 0 atom stereocenters. The smallest absolute Gasteiger partial charge is 0.0368 e. The molecule has 0 radical (unpaired) electrons. The van der Waals surface area contributed by atoms with Crippen LogP contribution in [0.2, 0.25) is 0 Å². The number of hydrogen-bond acceptors (Lipinski definition) is 1. The number of aryl methyl sites for hydroxylation is 1. The molecule has 0 N–H and O–H groups in total. The highest BCUT2D eigenvalue weighted by atomic mass is 15.1. The molecule has 0 aliphatic rings. The van der Waals surface area contributed by atoms with Crippen LogP contribution in [0.5, 0.6) is 0 Å². The lowest BCUT2D eigenvalue weighted by molar-refractivity contribution is 0.379. The van der Waals surface area contributed by atoms with E-state index < -0.39 is 0 Å². The van der Waals surface area contributed by atoms with Crippen LogP contribution in [-0.4, -0.2) is 13.1 Å². The normalized spacial score (nSPS) is 11.6. The van der Waals surface area contributed by atoms with Crippen molar-refractivity contribution in [1.29, 1.82) is 0 Å². The number of hydrogen-bond donors (Lipinski definition) is 0. The van der Waals surface area contributed by atoms with Gasteiger partial charge in [-0.05, 0) is 43.4 Å². The highest BCUT2D eigenvalue weighted by molar-refractivity contribution is 5.48. The van der Waals surface area contributed by atoms with Gasteiger partial charge in [-0.2, -0.15) is 0 Å². The van der Waals surface area contributed by atoms with Crippen molar-refractivity contribution in [2.45, 2.75) is 41.0 Å². The van der Waals surface area contributed by atoms with E-state index in [1.54, 1.807) is 0 Å². The molecule has 1 aromatic rings. The first-order valence-corrected chi connectivity index (χ1v) is 6.24. The second-order valence-corrected chi connectivity index (χ2v) is 5.73. The van der Waals surface area contributed by atoms with E-state index in [2.05, 4.69) is 63.8 Å². The number of anilines is 1. The predicted octanol–water partition coefficient (Wildman–Crippen LogP) is 4.26. The van der Waals surface area contributed by atoms with Crippen molar-refractivity contribution in [3.63, 3.8) is 0 Å². The van der Waals surface area contributed by atoms with Crippen LogP contribution in [0.1, 0.15) is 39.7 Å². The number of benzene rings is 1. The van der Waals surface area contributed by atoms with Crippen molar-refractivity contribution >= 4 is 5.69 Å². The lowest BCUT2D eigenvalue weighted by Gasteiger charge is -2.27. The molecule has 0 bridgehead atoms. The van der Waals surface area contributed by atoms with E-state index in [1.165, 1.54) is 17.7 Å². The Kier molecular flexibility index (Phi) is 4.40. The van der Waals surface area contributed by atoms with Crippen LogP contribution >= 0.6 is 0 Å².